The summed E-state index contributed by atoms with van der Waals surface area (Å²) in [5.74, 6) is -2.34. The lowest BCUT2D eigenvalue weighted by Gasteiger charge is -2.19. The molecule has 1 unspecified atom stereocenters. The number of hydrogen-bond donors (Lipinski definition) is 2. The van der Waals surface area contributed by atoms with E-state index in [0.29, 0.717) is 5.75 Å². The summed E-state index contributed by atoms with van der Waals surface area (Å²) in [4.78, 5) is 13.1. The quantitative estimate of drug-likeness (QED) is 0.742. The van der Waals surface area contributed by atoms with Crippen molar-refractivity contribution in [2.75, 3.05) is 12.4 Å². The van der Waals surface area contributed by atoms with Crippen LogP contribution in [0.1, 0.15) is 36.7 Å². The van der Waals surface area contributed by atoms with Gasteiger partial charge in [0.25, 0.3) is 5.91 Å². The van der Waals surface area contributed by atoms with E-state index in [-0.39, 0.29) is 12.0 Å². The molecule has 0 aliphatic carbocycles. The summed E-state index contributed by atoms with van der Waals surface area (Å²) in [6.45, 7) is 6.08. The fourth-order valence-electron chi connectivity index (χ4n) is 2.36. The average molecular weight is 379 g/mol. The Balaban J connectivity index is 1.98. The summed E-state index contributed by atoms with van der Waals surface area (Å²) in [6, 6.07) is 10.7. The predicted molar refractivity (Wildman–Crippen MR) is 101 cm³/mol. The maximum atomic E-state index is 13.7. The predicted octanol–water partition coefficient (Wildman–Crippen LogP) is 4.15. The van der Waals surface area contributed by atoms with Crippen LogP contribution in [0.4, 0.5) is 8.78 Å². The van der Waals surface area contributed by atoms with Crippen LogP contribution in [-0.4, -0.2) is 29.4 Å². The summed E-state index contributed by atoms with van der Waals surface area (Å²) < 4.78 is 27.3. The Morgan fingerprint density at radius 3 is 2.19 bits per heavy atom. The Hall–Kier alpha value is -1.92. The van der Waals surface area contributed by atoms with Crippen LogP contribution in [0, 0.1) is 11.6 Å². The lowest BCUT2D eigenvalue weighted by atomic mass is 9.87. The third kappa shape index (κ3) is 5.29. The Kier molecular flexibility index (Phi) is 6.78. The van der Waals surface area contributed by atoms with Gasteiger partial charge in [-0.2, -0.15) is 0 Å². The van der Waals surface area contributed by atoms with E-state index < -0.39 is 29.1 Å². The van der Waals surface area contributed by atoms with Gasteiger partial charge in [0.1, 0.15) is 17.2 Å². The number of rotatable bonds is 6. The van der Waals surface area contributed by atoms with Gasteiger partial charge in [-0.3, -0.25) is 4.79 Å². The SMILES string of the molecule is CC(C)(C)c1ccc(SCC(CO)NC(=O)c2c(F)cccc2F)cc1. The van der Waals surface area contributed by atoms with Crippen molar-refractivity contribution in [2.45, 2.75) is 37.1 Å². The van der Waals surface area contributed by atoms with Crippen LogP contribution in [0.25, 0.3) is 0 Å². The number of amides is 1. The fourth-order valence-corrected chi connectivity index (χ4v) is 3.27. The maximum absolute atomic E-state index is 13.7. The van der Waals surface area contributed by atoms with Crippen LogP contribution in [0.3, 0.4) is 0 Å². The van der Waals surface area contributed by atoms with Crippen molar-refractivity contribution in [3.8, 4) is 0 Å². The number of benzene rings is 2. The molecule has 2 aromatic rings. The summed E-state index contributed by atoms with van der Waals surface area (Å²) in [6.07, 6.45) is 0. The zero-order valence-electron chi connectivity index (χ0n) is 15.1. The van der Waals surface area contributed by atoms with Crippen molar-refractivity contribution in [3.63, 3.8) is 0 Å². The second-order valence-electron chi connectivity index (χ2n) is 7.03. The lowest BCUT2D eigenvalue weighted by Crippen LogP contribution is -2.40. The van der Waals surface area contributed by atoms with Crippen LogP contribution in [-0.2, 0) is 5.41 Å². The van der Waals surface area contributed by atoms with Gasteiger partial charge in [-0.15, -0.1) is 11.8 Å². The molecule has 0 saturated heterocycles. The number of aliphatic hydroxyl groups is 1. The average Bonchev–Trinajstić information content (AvgIpc) is 2.58. The molecule has 6 heteroatoms. The van der Waals surface area contributed by atoms with Gasteiger partial charge in [0.15, 0.2) is 0 Å². The first-order chi connectivity index (χ1) is 12.2. The van der Waals surface area contributed by atoms with E-state index in [1.165, 1.54) is 23.4 Å². The van der Waals surface area contributed by atoms with Crippen LogP contribution in [0.15, 0.2) is 47.4 Å². The minimum atomic E-state index is -0.926. The molecule has 1 amide bonds. The molecule has 26 heavy (non-hydrogen) atoms. The van der Waals surface area contributed by atoms with Crippen molar-refractivity contribution >= 4 is 17.7 Å². The molecule has 0 saturated carbocycles. The molecule has 1 atom stereocenters. The van der Waals surface area contributed by atoms with Gasteiger partial charge in [-0.05, 0) is 35.2 Å². The summed E-state index contributed by atoms with van der Waals surface area (Å²) in [5, 5.41) is 12.0. The molecule has 2 rings (SSSR count). The van der Waals surface area contributed by atoms with Gasteiger partial charge in [0.2, 0.25) is 0 Å². The molecule has 2 aromatic carbocycles. The first-order valence-electron chi connectivity index (χ1n) is 8.31. The third-order valence-electron chi connectivity index (χ3n) is 3.92. The summed E-state index contributed by atoms with van der Waals surface area (Å²) in [7, 11) is 0. The van der Waals surface area contributed by atoms with Crippen molar-refractivity contribution in [3.05, 3.63) is 65.2 Å². The molecule has 0 aliphatic heterocycles. The van der Waals surface area contributed by atoms with Crippen LogP contribution >= 0.6 is 11.8 Å². The van der Waals surface area contributed by atoms with Gasteiger partial charge in [0.05, 0.1) is 12.6 Å². The summed E-state index contributed by atoms with van der Waals surface area (Å²) in [5.41, 5.74) is 0.642. The number of aliphatic hydroxyl groups excluding tert-OH is 1. The van der Waals surface area contributed by atoms with Gasteiger partial charge >= 0.3 is 0 Å². The number of carbonyl (C=O) groups excluding carboxylic acids is 1. The van der Waals surface area contributed by atoms with Gasteiger partial charge < -0.3 is 10.4 Å². The number of carbonyl (C=O) groups is 1. The van der Waals surface area contributed by atoms with Crippen molar-refractivity contribution in [1.82, 2.24) is 5.32 Å². The first-order valence-corrected chi connectivity index (χ1v) is 9.30. The van der Waals surface area contributed by atoms with Crippen molar-refractivity contribution in [1.29, 1.82) is 0 Å². The zero-order chi connectivity index (χ0) is 19.3. The van der Waals surface area contributed by atoms with Gasteiger partial charge in [0, 0.05) is 10.6 Å². The topological polar surface area (TPSA) is 49.3 Å². The maximum Gasteiger partial charge on any atom is 0.257 e. The molecule has 0 aliphatic rings. The Morgan fingerprint density at radius 1 is 1.12 bits per heavy atom. The number of nitrogens with one attached hydrogen (secondary N) is 1. The number of halogens is 2. The number of thioether (sulfide) groups is 1. The van der Waals surface area contributed by atoms with Crippen molar-refractivity contribution < 1.29 is 18.7 Å². The largest absolute Gasteiger partial charge is 0.394 e. The number of hydrogen-bond acceptors (Lipinski definition) is 3. The van der Waals surface area contributed by atoms with E-state index in [4.69, 9.17) is 0 Å². The van der Waals surface area contributed by atoms with E-state index in [9.17, 15) is 18.7 Å². The standard InChI is InChI=1S/C20H23F2NO2S/c1-20(2,3)13-7-9-15(10-8-13)26-12-14(11-24)23-19(25)18-16(21)5-4-6-17(18)22/h4-10,14,24H,11-12H2,1-3H3,(H,23,25). The molecule has 0 heterocycles. The second-order valence-corrected chi connectivity index (χ2v) is 8.13. The zero-order valence-corrected chi connectivity index (χ0v) is 15.9. The van der Waals surface area contributed by atoms with E-state index in [2.05, 4.69) is 26.1 Å². The van der Waals surface area contributed by atoms with Crippen LogP contribution in [0.5, 0.6) is 0 Å². The molecule has 0 aromatic heterocycles. The Bertz CT molecular complexity index is 737. The highest BCUT2D eigenvalue weighted by molar-refractivity contribution is 7.99. The molecule has 0 bridgehead atoms. The summed E-state index contributed by atoms with van der Waals surface area (Å²) >= 11 is 1.46. The van der Waals surface area contributed by atoms with E-state index in [0.717, 1.165) is 17.0 Å². The molecule has 0 radical (unpaired) electrons. The fraction of sp³-hybridized carbons (Fsp3) is 0.350. The molecular formula is C20H23F2NO2S. The Labute approximate surface area is 156 Å². The second kappa shape index (κ2) is 8.64. The first kappa shape index (κ1) is 20.4. The molecular weight excluding hydrogens is 356 g/mol. The lowest BCUT2D eigenvalue weighted by molar-refractivity contribution is 0.0915. The minimum Gasteiger partial charge on any atom is -0.394 e. The highest BCUT2D eigenvalue weighted by atomic mass is 32.2. The molecule has 3 nitrogen and oxygen atoms in total. The van der Waals surface area contributed by atoms with Crippen LogP contribution < -0.4 is 5.32 Å². The highest BCUT2D eigenvalue weighted by Gasteiger charge is 2.20. The minimum absolute atomic E-state index is 0.0641. The van der Waals surface area contributed by atoms with E-state index in [1.807, 2.05) is 24.3 Å². The molecule has 0 spiro atoms. The Morgan fingerprint density at radius 2 is 1.69 bits per heavy atom. The smallest absolute Gasteiger partial charge is 0.257 e. The van der Waals surface area contributed by atoms with Crippen molar-refractivity contribution in [2.24, 2.45) is 0 Å². The molecule has 0 fully saturated rings. The molecule has 2 N–H and O–H groups in total. The van der Waals surface area contributed by atoms with Gasteiger partial charge in [-0.25, -0.2) is 8.78 Å². The highest BCUT2D eigenvalue weighted by Crippen LogP contribution is 2.26. The normalized spacial score (nSPS) is 12.7. The van der Waals surface area contributed by atoms with E-state index in [1.54, 1.807) is 0 Å². The van der Waals surface area contributed by atoms with Crippen LogP contribution in [0.2, 0.25) is 0 Å². The molecule has 140 valence electrons. The monoisotopic (exact) mass is 379 g/mol. The van der Waals surface area contributed by atoms with Gasteiger partial charge in [-0.1, -0.05) is 39.0 Å². The van der Waals surface area contributed by atoms with E-state index >= 15 is 0 Å². The third-order valence-corrected chi connectivity index (χ3v) is 5.09.